The van der Waals surface area contributed by atoms with Crippen molar-refractivity contribution in [1.82, 2.24) is 15.1 Å². The van der Waals surface area contributed by atoms with Crippen molar-refractivity contribution in [1.29, 1.82) is 0 Å². The first-order chi connectivity index (χ1) is 14.7. The van der Waals surface area contributed by atoms with Crippen LogP contribution in [0.4, 0.5) is 13.2 Å². The molecule has 6 nitrogen and oxygen atoms in total. The molecule has 1 aliphatic carbocycles. The Labute approximate surface area is 178 Å². The van der Waals surface area contributed by atoms with E-state index < -0.39 is 23.8 Å². The summed E-state index contributed by atoms with van der Waals surface area (Å²) in [6.07, 6.45) is -2.00. The number of hydrogen-bond acceptors (Lipinski definition) is 5. The summed E-state index contributed by atoms with van der Waals surface area (Å²) in [6, 6.07) is 3.30. The summed E-state index contributed by atoms with van der Waals surface area (Å²) in [5.74, 6) is -0.611. The number of methoxy groups -OCH3 is 1. The predicted octanol–water partition coefficient (Wildman–Crippen LogP) is 3.56. The minimum absolute atomic E-state index is 0.0654. The summed E-state index contributed by atoms with van der Waals surface area (Å²) in [4.78, 5) is 14.2. The van der Waals surface area contributed by atoms with E-state index in [-0.39, 0.29) is 11.7 Å². The zero-order valence-corrected chi connectivity index (χ0v) is 17.4. The van der Waals surface area contributed by atoms with Gasteiger partial charge in [-0.1, -0.05) is 0 Å². The Morgan fingerprint density at radius 3 is 2.65 bits per heavy atom. The van der Waals surface area contributed by atoms with E-state index in [1.807, 2.05) is 0 Å². The molecule has 1 aromatic heterocycles. The van der Waals surface area contributed by atoms with E-state index in [1.54, 1.807) is 11.9 Å². The van der Waals surface area contributed by atoms with Gasteiger partial charge in [0.15, 0.2) is 0 Å². The van der Waals surface area contributed by atoms with Gasteiger partial charge in [0.1, 0.15) is 17.5 Å². The van der Waals surface area contributed by atoms with Gasteiger partial charge in [-0.05, 0) is 61.4 Å². The number of hydrogen-bond donors (Lipinski definition) is 1. The van der Waals surface area contributed by atoms with Crippen LogP contribution in [0.3, 0.4) is 0 Å². The van der Waals surface area contributed by atoms with Gasteiger partial charge in [0.2, 0.25) is 5.91 Å². The quantitative estimate of drug-likeness (QED) is 0.795. The third kappa shape index (κ3) is 3.86. The fourth-order valence-corrected chi connectivity index (χ4v) is 4.58. The van der Waals surface area contributed by atoms with Crippen molar-refractivity contribution < 1.29 is 27.8 Å². The lowest BCUT2D eigenvalue weighted by molar-refractivity contribution is -0.141. The van der Waals surface area contributed by atoms with Crippen LogP contribution in [0.1, 0.15) is 47.8 Å². The van der Waals surface area contributed by atoms with Gasteiger partial charge in [0.05, 0.1) is 24.3 Å². The first-order valence-electron chi connectivity index (χ1n) is 10.3. The molecule has 1 N–H and O–H groups in total. The topological polar surface area (TPSA) is 75.6 Å². The number of piperidine rings is 1. The van der Waals surface area contributed by atoms with E-state index in [9.17, 15) is 23.1 Å². The van der Waals surface area contributed by atoms with E-state index in [4.69, 9.17) is 4.74 Å². The average molecular weight is 435 g/mol. The lowest BCUT2D eigenvalue weighted by Crippen LogP contribution is -2.41. The average Bonchev–Trinajstić information content (AvgIpc) is 3.23. The van der Waals surface area contributed by atoms with Crippen LogP contribution in [-0.2, 0) is 23.8 Å². The van der Waals surface area contributed by atoms with Gasteiger partial charge < -0.3 is 14.7 Å². The van der Waals surface area contributed by atoms with Crippen LogP contribution in [0.5, 0.6) is 5.75 Å². The molecular formula is C22H24F3N3O3. The fraction of sp³-hybridized carbons (Fsp3) is 0.500. The van der Waals surface area contributed by atoms with Crippen LogP contribution >= 0.6 is 0 Å². The second-order valence-electron chi connectivity index (χ2n) is 8.11. The predicted molar refractivity (Wildman–Crippen MR) is 106 cm³/mol. The molecule has 0 spiro atoms. The van der Waals surface area contributed by atoms with Gasteiger partial charge in [-0.3, -0.25) is 4.79 Å². The van der Waals surface area contributed by atoms with Crippen LogP contribution < -0.4 is 4.74 Å². The number of nitrogens with zero attached hydrogens (tertiary/aromatic N) is 3. The highest BCUT2D eigenvalue weighted by Crippen LogP contribution is 2.41. The lowest BCUT2D eigenvalue weighted by Gasteiger charge is -2.32. The second kappa shape index (κ2) is 8.11. The largest absolute Gasteiger partial charge is 0.496 e. The van der Waals surface area contributed by atoms with Crippen molar-refractivity contribution in [3.05, 3.63) is 40.6 Å². The highest BCUT2D eigenvalue weighted by molar-refractivity contribution is 5.80. The number of aliphatic hydroxyl groups is 1. The Morgan fingerprint density at radius 1 is 1.19 bits per heavy atom. The van der Waals surface area contributed by atoms with Crippen LogP contribution in [0.25, 0.3) is 11.3 Å². The van der Waals surface area contributed by atoms with Gasteiger partial charge in [0, 0.05) is 19.2 Å². The Balaban J connectivity index is 1.75. The number of amides is 1. The number of alkyl halides is 3. The Bertz CT molecular complexity index is 1010. The maximum Gasteiger partial charge on any atom is 0.416 e. The number of halogens is 3. The standard InChI is InChI=1S/C22H24F3N3O3/c1-28-10-4-7-16(21(28)30)20(29)19-14-6-3-5-13(14)18(26-27-19)15-9-8-12(22(23,24)25)11-17(15)31-2/h8-9,11,16,20,29H,3-7,10H2,1-2H3/t16?,20-/m1/s1. The number of rotatable bonds is 4. The number of likely N-dealkylation sites (tertiary alicyclic amines) is 1. The van der Waals surface area contributed by atoms with E-state index >= 15 is 0 Å². The van der Waals surface area contributed by atoms with Gasteiger partial charge in [-0.2, -0.15) is 18.3 Å². The first-order valence-corrected chi connectivity index (χ1v) is 10.3. The van der Waals surface area contributed by atoms with Crippen molar-refractivity contribution in [3.63, 3.8) is 0 Å². The van der Waals surface area contributed by atoms with Crippen LogP contribution in [0.15, 0.2) is 18.2 Å². The van der Waals surface area contributed by atoms with Gasteiger partial charge in [0.25, 0.3) is 0 Å². The maximum absolute atomic E-state index is 13.1. The van der Waals surface area contributed by atoms with Crippen molar-refractivity contribution in [2.75, 3.05) is 20.7 Å². The maximum atomic E-state index is 13.1. The molecule has 0 radical (unpaired) electrons. The Morgan fingerprint density at radius 2 is 1.94 bits per heavy atom. The number of ether oxygens (including phenoxy) is 1. The van der Waals surface area contributed by atoms with Crippen molar-refractivity contribution in [2.45, 2.75) is 44.4 Å². The molecule has 1 aliphatic heterocycles. The number of aliphatic hydroxyl groups excluding tert-OH is 1. The zero-order valence-electron chi connectivity index (χ0n) is 17.4. The highest BCUT2D eigenvalue weighted by atomic mass is 19.4. The normalized spacial score (nSPS) is 20.0. The molecule has 1 saturated heterocycles. The summed E-state index contributed by atoms with van der Waals surface area (Å²) < 4.78 is 44.5. The molecule has 0 bridgehead atoms. The highest BCUT2D eigenvalue weighted by Gasteiger charge is 2.37. The third-order valence-corrected chi connectivity index (χ3v) is 6.22. The summed E-state index contributed by atoms with van der Waals surface area (Å²) in [7, 11) is 3.03. The smallest absolute Gasteiger partial charge is 0.416 e. The number of carbonyl (C=O) groups excluding carboxylic acids is 1. The van der Waals surface area contributed by atoms with E-state index in [0.717, 1.165) is 36.1 Å². The van der Waals surface area contributed by atoms with Crippen molar-refractivity contribution in [2.24, 2.45) is 5.92 Å². The van der Waals surface area contributed by atoms with Gasteiger partial charge in [-0.15, -0.1) is 5.10 Å². The number of benzene rings is 1. The summed E-state index contributed by atoms with van der Waals surface area (Å²) >= 11 is 0. The third-order valence-electron chi connectivity index (χ3n) is 6.22. The van der Waals surface area contributed by atoms with E-state index in [1.165, 1.54) is 13.2 Å². The first kappa shape index (κ1) is 21.5. The van der Waals surface area contributed by atoms with Crippen molar-refractivity contribution >= 4 is 5.91 Å². The van der Waals surface area contributed by atoms with Crippen molar-refractivity contribution in [3.8, 4) is 17.0 Å². The monoisotopic (exact) mass is 435 g/mol. The molecule has 1 aromatic carbocycles. The Kier molecular flexibility index (Phi) is 5.63. The molecule has 166 valence electrons. The molecule has 9 heteroatoms. The van der Waals surface area contributed by atoms with Gasteiger partial charge in [-0.25, -0.2) is 0 Å². The second-order valence-corrected chi connectivity index (χ2v) is 8.11. The fourth-order valence-electron chi connectivity index (χ4n) is 4.58. The molecular weight excluding hydrogens is 411 g/mol. The molecule has 31 heavy (non-hydrogen) atoms. The summed E-state index contributed by atoms with van der Waals surface area (Å²) in [5, 5.41) is 19.5. The molecule has 2 aliphatic rings. The molecule has 2 aromatic rings. The van der Waals surface area contributed by atoms with Crippen LogP contribution in [-0.4, -0.2) is 46.8 Å². The van der Waals surface area contributed by atoms with E-state index in [2.05, 4.69) is 10.2 Å². The van der Waals surface area contributed by atoms with Crippen LogP contribution in [0.2, 0.25) is 0 Å². The number of carbonyl (C=O) groups is 1. The lowest BCUT2D eigenvalue weighted by atomic mass is 9.87. The summed E-state index contributed by atoms with van der Waals surface area (Å²) in [6.45, 7) is 0.665. The molecule has 1 fully saturated rings. The molecule has 2 heterocycles. The van der Waals surface area contributed by atoms with Gasteiger partial charge >= 0.3 is 6.18 Å². The molecule has 4 rings (SSSR count). The minimum atomic E-state index is -4.48. The zero-order chi connectivity index (χ0) is 22.3. The summed E-state index contributed by atoms with van der Waals surface area (Å²) in [5.41, 5.74) is 2.16. The van der Waals surface area contributed by atoms with Crippen LogP contribution in [0, 0.1) is 5.92 Å². The molecule has 1 amide bonds. The molecule has 0 saturated carbocycles. The molecule has 1 unspecified atom stereocenters. The molecule has 2 atom stereocenters. The van der Waals surface area contributed by atoms with E-state index in [0.29, 0.717) is 42.8 Å². The number of fused-ring (bicyclic) bond motifs is 1. The SMILES string of the molecule is COc1cc(C(F)(F)F)ccc1-c1nnc([C@H](O)C2CCCN(C)C2=O)c2c1CCC2. The number of aromatic nitrogens is 2. The minimum Gasteiger partial charge on any atom is -0.496 e. The Hall–Kier alpha value is -2.68.